The van der Waals surface area contributed by atoms with E-state index in [4.69, 9.17) is 9.47 Å². The lowest BCUT2D eigenvalue weighted by molar-refractivity contribution is -0.143. The molecule has 0 spiro atoms. The second-order valence-corrected chi connectivity index (χ2v) is 10.4. The number of halogens is 6. The predicted molar refractivity (Wildman–Crippen MR) is 143 cm³/mol. The first kappa shape index (κ1) is 31.8. The molecule has 0 saturated heterocycles. The number of nitrogens with zero attached hydrogens (tertiary/aromatic N) is 3. The molecule has 1 N–H and O–H groups in total. The Labute approximate surface area is 239 Å². The molecular formula is C29H34F6N4O3. The average molecular weight is 601 g/mol. The Balaban J connectivity index is 1.69. The minimum atomic E-state index is -4.97. The number of H-pyrrole nitrogens is 1. The summed E-state index contributed by atoms with van der Waals surface area (Å²) in [5, 5.41) is 6.65. The molecule has 0 aliphatic carbocycles. The SMILES string of the molecule is CCCCOCCN1Cc2n[nH]c(=O)n2CC[C@@]1(CO[C@H](C)c1cc(C(F)(F)F)cc(C(F)(F)F)c1)c1ccccc1. The number of rotatable bonds is 11. The van der Waals surface area contributed by atoms with Gasteiger partial charge >= 0.3 is 18.0 Å². The third-order valence-corrected chi connectivity index (χ3v) is 7.63. The van der Waals surface area contributed by atoms with E-state index in [9.17, 15) is 31.1 Å². The van der Waals surface area contributed by atoms with Gasteiger partial charge in [-0.25, -0.2) is 9.89 Å². The van der Waals surface area contributed by atoms with Gasteiger partial charge in [0.25, 0.3) is 0 Å². The predicted octanol–water partition coefficient (Wildman–Crippen LogP) is 6.30. The van der Waals surface area contributed by atoms with Gasteiger partial charge in [0, 0.05) is 19.7 Å². The highest BCUT2D eigenvalue weighted by molar-refractivity contribution is 5.35. The summed E-state index contributed by atoms with van der Waals surface area (Å²) in [6.45, 7) is 5.26. The van der Waals surface area contributed by atoms with Crippen molar-refractivity contribution in [2.75, 3.05) is 26.4 Å². The zero-order valence-corrected chi connectivity index (χ0v) is 23.4. The van der Waals surface area contributed by atoms with Gasteiger partial charge < -0.3 is 9.47 Å². The first-order valence-corrected chi connectivity index (χ1v) is 13.8. The molecule has 7 nitrogen and oxygen atoms in total. The highest BCUT2D eigenvalue weighted by Crippen LogP contribution is 2.40. The maximum Gasteiger partial charge on any atom is 0.416 e. The van der Waals surface area contributed by atoms with Gasteiger partial charge in [-0.15, -0.1) is 0 Å². The quantitative estimate of drug-likeness (QED) is 0.207. The molecule has 0 unspecified atom stereocenters. The summed E-state index contributed by atoms with van der Waals surface area (Å²) < 4.78 is 94.6. The van der Waals surface area contributed by atoms with Crippen LogP contribution in [0.2, 0.25) is 0 Å². The summed E-state index contributed by atoms with van der Waals surface area (Å²) in [4.78, 5) is 14.5. The maximum absolute atomic E-state index is 13.5. The summed E-state index contributed by atoms with van der Waals surface area (Å²) in [7, 11) is 0. The van der Waals surface area contributed by atoms with Gasteiger partial charge in [-0.3, -0.25) is 9.47 Å². The van der Waals surface area contributed by atoms with E-state index in [2.05, 4.69) is 22.0 Å². The van der Waals surface area contributed by atoms with Crippen LogP contribution in [0.5, 0.6) is 0 Å². The molecule has 230 valence electrons. The molecule has 1 aliphatic rings. The summed E-state index contributed by atoms with van der Waals surface area (Å²) in [5.74, 6) is 0.507. The molecule has 1 aliphatic heterocycles. The topological polar surface area (TPSA) is 72.4 Å². The Morgan fingerprint density at radius 3 is 2.31 bits per heavy atom. The standard InChI is InChI=1S/C29H34F6N4O3/c1-3-4-13-41-14-12-38-18-25-36-37-26(40)39(25)11-10-27(38,22-8-6-5-7-9-22)19-42-20(2)21-15-23(28(30,31)32)17-24(16-21)29(33,34)35/h5-9,15-17,20H,3-4,10-14,18-19H2,1-2H3,(H,37,40)/t20-,27-/m1/s1. The molecule has 0 radical (unpaired) electrons. The highest BCUT2D eigenvalue weighted by atomic mass is 19.4. The third kappa shape index (κ3) is 7.24. The normalized spacial score (nSPS) is 19.0. The van der Waals surface area contributed by atoms with Crippen molar-refractivity contribution >= 4 is 0 Å². The van der Waals surface area contributed by atoms with Crippen molar-refractivity contribution < 1.29 is 35.8 Å². The molecule has 3 aromatic rings. The van der Waals surface area contributed by atoms with Crippen LogP contribution in [0.3, 0.4) is 0 Å². The van der Waals surface area contributed by atoms with Gasteiger partial charge in [0.2, 0.25) is 0 Å². The van der Waals surface area contributed by atoms with Gasteiger partial charge in [-0.1, -0.05) is 43.7 Å². The van der Waals surface area contributed by atoms with Gasteiger partial charge in [0.15, 0.2) is 0 Å². The summed E-state index contributed by atoms with van der Waals surface area (Å²) in [6, 6.07) is 10.8. The number of aromatic nitrogens is 3. The largest absolute Gasteiger partial charge is 0.416 e. The van der Waals surface area contributed by atoms with E-state index in [0.29, 0.717) is 44.1 Å². The minimum absolute atomic E-state index is 0.0759. The Morgan fingerprint density at radius 1 is 1.02 bits per heavy atom. The number of aromatic amines is 1. The number of nitrogens with one attached hydrogen (secondary N) is 1. The van der Waals surface area contributed by atoms with E-state index in [0.717, 1.165) is 18.4 Å². The van der Waals surface area contributed by atoms with Crippen LogP contribution < -0.4 is 5.69 Å². The zero-order valence-electron chi connectivity index (χ0n) is 23.4. The van der Waals surface area contributed by atoms with E-state index in [1.807, 2.05) is 30.3 Å². The van der Waals surface area contributed by atoms with Gasteiger partial charge in [-0.2, -0.15) is 31.4 Å². The molecule has 0 fully saturated rings. The molecule has 42 heavy (non-hydrogen) atoms. The van der Waals surface area contributed by atoms with Crippen LogP contribution in [-0.4, -0.2) is 46.0 Å². The van der Waals surface area contributed by atoms with Gasteiger partial charge in [-0.05, 0) is 49.1 Å². The average Bonchev–Trinajstić information content (AvgIpc) is 3.21. The molecule has 0 bridgehead atoms. The van der Waals surface area contributed by atoms with Crippen molar-refractivity contribution in [2.24, 2.45) is 0 Å². The van der Waals surface area contributed by atoms with E-state index < -0.39 is 35.1 Å². The monoisotopic (exact) mass is 600 g/mol. The Morgan fingerprint density at radius 2 is 1.69 bits per heavy atom. The Kier molecular flexibility index (Phi) is 9.84. The van der Waals surface area contributed by atoms with Crippen LogP contribution in [0.15, 0.2) is 53.3 Å². The lowest BCUT2D eigenvalue weighted by atomic mass is 9.85. The number of unbranched alkanes of at least 4 members (excludes halogenated alkanes) is 1. The summed E-state index contributed by atoms with van der Waals surface area (Å²) >= 11 is 0. The molecule has 2 heterocycles. The number of fused-ring (bicyclic) bond motifs is 1. The lowest BCUT2D eigenvalue weighted by Gasteiger charge is -2.43. The number of hydrogen-bond donors (Lipinski definition) is 1. The van der Waals surface area contributed by atoms with Gasteiger partial charge in [0.1, 0.15) is 5.82 Å². The second-order valence-electron chi connectivity index (χ2n) is 10.4. The summed E-state index contributed by atoms with van der Waals surface area (Å²) in [6.07, 6.45) is -8.83. The fraction of sp³-hybridized carbons (Fsp3) is 0.517. The lowest BCUT2D eigenvalue weighted by Crippen LogP contribution is -2.50. The number of alkyl halides is 6. The molecule has 2 atom stereocenters. The van der Waals surface area contributed by atoms with Crippen molar-refractivity contribution in [3.05, 3.63) is 87.1 Å². The van der Waals surface area contributed by atoms with E-state index in [1.54, 1.807) is 0 Å². The molecule has 1 aromatic heterocycles. The molecule has 2 aromatic carbocycles. The first-order chi connectivity index (χ1) is 19.8. The number of ether oxygens (including phenoxy) is 2. The fourth-order valence-corrected chi connectivity index (χ4v) is 5.19. The van der Waals surface area contributed by atoms with Gasteiger partial charge in [0.05, 0.1) is 42.5 Å². The van der Waals surface area contributed by atoms with Crippen LogP contribution in [-0.2, 0) is 40.5 Å². The van der Waals surface area contributed by atoms with E-state index in [1.165, 1.54) is 11.5 Å². The van der Waals surface area contributed by atoms with Crippen LogP contribution in [0.1, 0.15) is 67.3 Å². The highest BCUT2D eigenvalue weighted by Gasteiger charge is 2.43. The van der Waals surface area contributed by atoms with Crippen molar-refractivity contribution in [3.63, 3.8) is 0 Å². The van der Waals surface area contributed by atoms with Crippen LogP contribution >= 0.6 is 0 Å². The Hall–Kier alpha value is -3.16. The first-order valence-electron chi connectivity index (χ1n) is 13.8. The second kappa shape index (κ2) is 13.0. The fourth-order valence-electron chi connectivity index (χ4n) is 5.19. The molecule has 4 rings (SSSR count). The molecular weight excluding hydrogens is 566 g/mol. The molecule has 13 heteroatoms. The maximum atomic E-state index is 13.5. The number of hydrogen-bond acceptors (Lipinski definition) is 5. The van der Waals surface area contributed by atoms with Crippen molar-refractivity contribution in [1.82, 2.24) is 19.7 Å². The summed E-state index contributed by atoms with van der Waals surface area (Å²) in [5.41, 5.74) is -3.48. The third-order valence-electron chi connectivity index (χ3n) is 7.63. The van der Waals surface area contributed by atoms with Crippen molar-refractivity contribution in [1.29, 1.82) is 0 Å². The van der Waals surface area contributed by atoms with Crippen LogP contribution in [0.4, 0.5) is 26.3 Å². The Bertz CT molecular complexity index is 1340. The zero-order chi connectivity index (χ0) is 30.5. The molecule has 0 saturated carbocycles. The van der Waals surface area contributed by atoms with Crippen molar-refractivity contribution in [3.8, 4) is 0 Å². The van der Waals surface area contributed by atoms with Crippen molar-refractivity contribution in [2.45, 2.75) is 70.2 Å². The minimum Gasteiger partial charge on any atom is -0.380 e. The van der Waals surface area contributed by atoms with Crippen LogP contribution in [0, 0.1) is 0 Å². The van der Waals surface area contributed by atoms with E-state index >= 15 is 0 Å². The number of benzene rings is 2. The smallest absolute Gasteiger partial charge is 0.380 e. The van der Waals surface area contributed by atoms with Crippen LogP contribution in [0.25, 0.3) is 0 Å². The van der Waals surface area contributed by atoms with E-state index in [-0.39, 0.29) is 37.0 Å². The molecule has 0 amide bonds.